The third kappa shape index (κ3) is 3.56. The van der Waals surface area contributed by atoms with Gasteiger partial charge in [0.2, 0.25) is 0 Å². The molecule has 0 fully saturated rings. The van der Waals surface area contributed by atoms with Crippen molar-refractivity contribution in [2.45, 2.75) is 26.8 Å². The number of aliphatic hydroxyl groups is 1. The van der Waals surface area contributed by atoms with Crippen molar-refractivity contribution in [3.05, 3.63) is 49.8 Å². The molecule has 104 valence electrons. The van der Waals surface area contributed by atoms with E-state index in [-0.39, 0.29) is 12.3 Å². The van der Waals surface area contributed by atoms with Crippen LogP contribution < -0.4 is 5.69 Å². The first-order valence-electron chi connectivity index (χ1n) is 6.32. The van der Waals surface area contributed by atoms with E-state index < -0.39 is 0 Å². The minimum Gasteiger partial charge on any atom is -0.395 e. The van der Waals surface area contributed by atoms with E-state index in [2.05, 4.69) is 16.8 Å². The second-order valence-corrected chi connectivity index (χ2v) is 5.48. The zero-order valence-corrected chi connectivity index (χ0v) is 12.3. The number of aliphatic hydroxyl groups excluding tert-OH is 1. The normalized spacial score (nSPS) is 10.2. The van der Waals surface area contributed by atoms with Crippen molar-refractivity contribution in [2.75, 3.05) is 6.61 Å². The van der Waals surface area contributed by atoms with E-state index in [1.807, 2.05) is 31.4 Å². The topological polar surface area (TPSA) is 55.1 Å². The van der Waals surface area contributed by atoms with Gasteiger partial charge in [-0.1, -0.05) is 11.8 Å². The molecule has 0 aliphatic heterocycles. The smallest absolute Gasteiger partial charge is 0.348 e. The molecule has 0 unspecified atom stereocenters. The third-order valence-electron chi connectivity index (χ3n) is 2.78. The molecule has 2 aromatic rings. The fourth-order valence-corrected chi connectivity index (χ4v) is 2.68. The van der Waals surface area contributed by atoms with Crippen molar-refractivity contribution >= 4 is 11.3 Å². The molecule has 0 aromatic carbocycles. The van der Waals surface area contributed by atoms with Gasteiger partial charge in [0.1, 0.15) is 0 Å². The highest BCUT2D eigenvalue weighted by atomic mass is 32.1. The number of rotatable bonds is 3. The molecule has 0 radical (unpaired) electrons. The Morgan fingerprint density at radius 1 is 1.40 bits per heavy atom. The van der Waals surface area contributed by atoms with Gasteiger partial charge >= 0.3 is 5.69 Å². The van der Waals surface area contributed by atoms with Gasteiger partial charge in [0.25, 0.3) is 0 Å². The first kappa shape index (κ1) is 14.5. The van der Waals surface area contributed by atoms with Crippen LogP contribution in [0.4, 0.5) is 0 Å². The van der Waals surface area contributed by atoms with Crippen LogP contribution in [-0.4, -0.2) is 21.3 Å². The molecule has 0 saturated carbocycles. The van der Waals surface area contributed by atoms with E-state index in [1.165, 1.54) is 0 Å². The standard InChI is InChI=1S/C15H16N2O2S/c1-11-7-12(2)17(15(19)16-11)9-14-8-13(10-20-14)5-3-4-6-18/h7-8,10,18H,4,6,9H2,1-2H3. The van der Waals surface area contributed by atoms with E-state index in [9.17, 15) is 4.79 Å². The molecule has 4 nitrogen and oxygen atoms in total. The van der Waals surface area contributed by atoms with Crippen molar-refractivity contribution in [3.63, 3.8) is 0 Å². The Bertz CT molecular complexity index is 719. The first-order chi connectivity index (χ1) is 9.60. The molecule has 0 aliphatic carbocycles. The predicted octanol–water partition coefficient (Wildman–Crippen LogP) is 1.70. The van der Waals surface area contributed by atoms with Crippen LogP contribution in [-0.2, 0) is 6.54 Å². The minimum atomic E-state index is -0.219. The Labute approximate surface area is 121 Å². The maximum Gasteiger partial charge on any atom is 0.348 e. The molecule has 0 bridgehead atoms. The summed E-state index contributed by atoms with van der Waals surface area (Å²) in [5.41, 5.74) is 2.35. The zero-order valence-electron chi connectivity index (χ0n) is 11.5. The summed E-state index contributed by atoms with van der Waals surface area (Å²) < 4.78 is 1.66. The second kappa shape index (κ2) is 6.51. The molecule has 20 heavy (non-hydrogen) atoms. The van der Waals surface area contributed by atoms with E-state index >= 15 is 0 Å². The Balaban J connectivity index is 2.20. The second-order valence-electron chi connectivity index (χ2n) is 4.48. The number of aryl methyl sites for hydroxylation is 2. The van der Waals surface area contributed by atoms with Gasteiger partial charge in [-0.25, -0.2) is 4.79 Å². The Morgan fingerprint density at radius 3 is 2.90 bits per heavy atom. The van der Waals surface area contributed by atoms with Crippen LogP contribution in [0.3, 0.4) is 0 Å². The highest BCUT2D eigenvalue weighted by Gasteiger charge is 2.05. The monoisotopic (exact) mass is 288 g/mol. The molecule has 0 spiro atoms. The maximum absolute atomic E-state index is 11.9. The van der Waals surface area contributed by atoms with Crippen LogP contribution in [0.5, 0.6) is 0 Å². The summed E-state index contributed by atoms with van der Waals surface area (Å²) in [6.07, 6.45) is 0.478. The van der Waals surface area contributed by atoms with E-state index in [4.69, 9.17) is 5.11 Å². The molecule has 2 rings (SSSR count). The first-order valence-corrected chi connectivity index (χ1v) is 7.20. The van der Waals surface area contributed by atoms with Crippen LogP contribution in [0.25, 0.3) is 0 Å². The van der Waals surface area contributed by atoms with Crippen LogP contribution in [0.15, 0.2) is 22.3 Å². The predicted molar refractivity (Wildman–Crippen MR) is 80.0 cm³/mol. The largest absolute Gasteiger partial charge is 0.395 e. The number of aromatic nitrogens is 2. The lowest BCUT2D eigenvalue weighted by Gasteiger charge is -2.07. The number of nitrogens with zero attached hydrogens (tertiary/aromatic N) is 2. The van der Waals surface area contributed by atoms with Crippen LogP contribution >= 0.6 is 11.3 Å². The van der Waals surface area contributed by atoms with E-state index in [1.54, 1.807) is 15.9 Å². The average Bonchev–Trinajstić information content (AvgIpc) is 2.82. The molecule has 2 heterocycles. The van der Waals surface area contributed by atoms with E-state index in [0.29, 0.717) is 13.0 Å². The molecule has 0 saturated heterocycles. The highest BCUT2D eigenvalue weighted by Crippen LogP contribution is 2.15. The van der Waals surface area contributed by atoms with Crippen molar-refractivity contribution in [2.24, 2.45) is 0 Å². The molecule has 1 N–H and O–H groups in total. The quantitative estimate of drug-likeness (QED) is 0.875. The number of hydrogen-bond donors (Lipinski definition) is 1. The summed E-state index contributed by atoms with van der Waals surface area (Å²) in [5, 5.41) is 10.6. The summed E-state index contributed by atoms with van der Waals surface area (Å²) in [4.78, 5) is 16.9. The fraction of sp³-hybridized carbons (Fsp3) is 0.333. The Hall–Kier alpha value is -1.90. The van der Waals surface area contributed by atoms with Gasteiger partial charge in [-0.2, -0.15) is 4.98 Å². The van der Waals surface area contributed by atoms with Crippen molar-refractivity contribution in [3.8, 4) is 11.8 Å². The van der Waals surface area contributed by atoms with Crippen LogP contribution in [0.2, 0.25) is 0 Å². The lowest BCUT2D eigenvalue weighted by molar-refractivity contribution is 0.305. The van der Waals surface area contributed by atoms with Crippen molar-refractivity contribution in [1.29, 1.82) is 0 Å². The molecule has 5 heteroatoms. The maximum atomic E-state index is 11.9. The minimum absolute atomic E-state index is 0.0770. The molecule has 2 aromatic heterocycles. The van der Waals surface area contributed by atoms with Gasteiger partial charge in [-0.15, -0.1) is 11.3 Å². The molecule has 0 aliphatic rings. The summed E-state index contributed by atoms with van der Waals surface area (Å²) in [6, 6.07) is 3.87. The molecule has 0 atom stereocenters. The molecule has 0 amide bonds. The number of hydrogen-bond acceptors (Lipinski definition) is 4. The third-order valence-corrected chi connectivity index (χ3v) is 3.71. The van der Waals surface area contributed by atoms with Crippen molar-refractivity contribution < 1.29 is 5.11 Å². The van der Waals surface area contributed by atoms with Crippen LogP contribution in [0.1, 0.15) is 28.2 Å². The summed E-state index contributed by atoms with van der Waals surface area (Å²) >= 11 is 1.57. The van der Waals surface area contributed by atoms with Gasteiger partial charge in [0.15, 0.2) is 0 Å². The van der Waals surface area contributed by atoms with Gasteiger partial charge in [0.05, 0.1) is 13.2 Å². The Kier molecular flexibility index (Phi) is 4.72. The lowest BCUT2D eigenvalue weighted by Crippen LogP contribution is -2.25. The fourth-order valence-electron chi connectivity index (χ4n) is 1.87. The molecular formula is C15H16N2O2S. The SMILES string of the molecule is Cc1cc(C)n(Cc2cc(C#CCCO)cs2)c(=O)n1. The lowest BCUT2D eigenvalue weighted by atomic mass is 10.3. The summed E-state index contributed by atoms with van der Waals surface area (Å²) in [6.45, 7) is 4.32. The van der Waals surface area contributed by atoms with Crippen molar-refractivity contribution in [1.82, 2.24) is 9.55 Å². The average molecular weight is 288 g/mol. The molecular weight excluding hydrogens is 272 g/mol. The summed E-state index contributed by atoms with van der Waals surface area (Å²) in [7, 11) is 0. The van der Waals surface area contributed by atoms with Gasteiger partial charge in [0, 0.05) is 33.6 Å². The zero-order chi connectivity index (χ0) is 14.5. The Morgan fingerprint density at radius 2 is 2.20 bits per heavy atom. The van der Waals surface area contributed by atoms with Gasteiger partial charge < -0.3 is 5.11 Å². The summed E-state index contributed by atoms with van der Waals surface area (Å²) in [5.74, 6) is 5.87. The van der Waals surface area contributed by atoms with E-state index in [0.717, 1.165) is 21.8 Å². The highest BCUT2D eigenvalue weighted by molar-refractivity contribution is 7.10. The van der Waals surface area contributed by atoms with Gasteiger partial charge in [-0.3, -0.25) is 4.57 Å². The van der Waals surface area contributed by atoms with Gasteiger partial charge in [-0.05, 0) is 26.0 Å². The van der Waals surface area contributed by atoms with Crippen LogP contribution in [0, 0.1) is 25.7 Å². The number of thiophene rings is 1.